The Labute approximate surface area is 189 Å². The van der Waals surface area contributed by atoms with Gasteiger partial charge in [-0.05, 0) is 62.8 Å². The van der Waals surface area contributed by atoms with E-state index in [1.54, 1.807) is 0 Å². The van der Waals surface area contributed by atoms with Gasteiger partial charge in [0.25, 0.3) is 0 Å². The number of hydrogen-bond acceptors (Lipinski definition) is 3. The maximum Gasteiger partial charge on any atom is 0.0905 e. The number of thioether (sulfide) groups is 1. The number of likely N-dealkylation sites (tertiary alicyclic amines) is 1. The van der Waals surface area contributed by atoms with Crippen LogP contribution in [0.25, 0.3) is 0 Å². The van der Waals surface area contributed by atoms with E-state index < -0.39 is 0 Å². The van der Waals surface area contributed by atoms with Crippen molar-refractivity contribution in [3.8, 4) is 0 Å². The van der Waals surface area contributed by atoms with Gasteiger partial charge in [0.15, 0.2) is 0 Å². The van der Waals surface area contributed by atoms with Gasteiger partial charge >= 0.3 is 0 Å². The van der Waals surface area contributed by atoms with Gasteiger partial charge in [-0.15, -0.1) is 11.8 Å². The molecule has 28 heavy (non-hydrogen) atoms. The van der Waals surface area contributed by atoms with E-state index in [0.717, 1.165) is 12.6 Å². The highest BCUT2D eigenvalue weighted by Crippen LogP contribution is 2.49. The molecule has 2 aliphatic rings. The average Bonchev–Trinajstić information content (AvgIpc) is 2.71. The lowest BCUT2D eigenvalue weighted by molar-refractivity contribution is -0.936. The summed E-state index contributed by atoms with van der Waals surface area (Å²) in [5, 5.41) is 0. The van der Waals surface area contributed by atoms with Gasteiger partial charge in [-0.25, -0.2) is 0 Å². The van der Waals surface area contributed by atoms with Crippen LogP contribution >= 0.6 is 23.5 Å². The van der Waals surface area contributed by atoms with Gasteiger partial charge in [0.05, 0.1) is 37.6 Å². The van der Waals surface area contributed by atoms with E-state index in [9.17, 15) is 0 Å². The molecule has 5 heteroatoms. The molecule has 0 aliphatic carbocycles. The molecule has 1 saturated heterocycles. The molecule has 2 aromatic carbocycles. The van der Waals surface area contributed by atoms with Gasteiger partial charge < -0.3 is 26.4 Å². The number of halogens is 1. The zero-order valence-electron chi connectivity index (χ0n) is 17.2. The van der Waals surface area contributed by atoms with E-state index in [2.05, 4.69) is 67.6 Å². The molecule has 0 saturated carbocycles. The van der Waals surface area contributed by atoms with Crippen molar-refractivity contribution in [2.45, 2.75) is 53.3 Å². The minimum absolute atomic E-state index is 0. The van der Waals surface area contributed by atoms with Crippen molar-refractivity contribution in [3.05, 3.63) is 42.5 Å². The summed E-state index contributed by atoms with van der Waals surface area (Å²) in [6.45, 7) is 6.08. The van der Waals surface area contributed by atoms with Crippen molar-refractivity contribution in [2.75, 3.05) is 37.8 Å². The van der Waals surface area contributed by atoms with Crippen LogP contribution in [0.15, 0.2) is 57.2 Å². The van der Waals surface area contributed by atoms with E-state index >= 15 is 0 Å². The third-order valence-corrected chi connectivity index (χ3v) is 8.43. The largest absolute Gasteiger partial charge is 1.00 e. The molecule has 2 nitrogen and oxygen atoms in total. The third kappa shape index (κ3) is 4.28. The molecule has 2 heterocycles. The van der Waals surface area contributed by atoms with Gasteiger partial charge in [0, 0.05) is 27.7 Å². The molecule has 0 radical (unpaired) electrons. The van der Waals surface area contributed by atoms with Crippen LogP contribution in [0.1, 0.15) is 32.6 Å². The Kier molecular flexibility index (Phi) is 7.46. The van der Waals surface area contributed by atoms with Gasteiger partial charge in [-0.2, -0.15) is 0 Å². The topological polar surface area (TPSA) is 3.24 Å². The van der Waals surface area contributed by atoms with E-state index in [1.165, 1.54) is 69.3 Å². The summed E-state index contributed by atoms with van der Waals surface area (Å²) in [7, 11) is 2.48. The Morgan fingerprint density at radius 2 is 1.89 bits per heavy atom. The van der Waals surface area contributed by atoms with Crippen molar-refractivity contribution < 1.29 is 21.5 Å². The number of para-hydroxylation sites is 1. The van der Waals surface area contributed by atoms with Crippen molar-refractivity contribution in [3.63, 3.8) is 0 Å². The molecule has 4 rings (SSSR count). The zero-order valence-corrected chi connectivity index (χ0v) is 20.4. The highest BCUT2D eigenvalue weighted by Gasteiger charge is 2.34. The first kappa shape index (κ1) is 22.1. The molecular formula is C23H31BrN2S2. The lowest BCUT2D eigenvalue weighted by Gasteiger charge is -2.45. The van der Waals surface area contributed by atoms with E-state index in [0.29, 0.717) is 0 Å². The average molecular weight is 480 g/mol. The number of fused-ring (bicyclic) bond motifs is 2. The summed E-state index contributed by atoms with van der Waals surface area (Å²) in [4.78, 5) is 6.72. The minimum atomic E-state index is 0. The predicted octanol–water partition coefficient (Wildman–Crippen LogP) is 3.42. The molecule has 2 atom stereocenters. The van der Waals surface area contributed by atoms with Crippen LogP contribution in [0.5, 0.6) is 0 Å². The Morgan fingerprint density at radius 1 is 1.11 bits per heavy atom. The summed E-state index contributed by atoms with van der Waals surface area (Å²) >= 11 is 3.75. The Balaban J connectivity index is 0.00000225. The molecule has 2 aliphatic heterocycles. The first-order valence-electron chi connectivity index (χ1n) is 10.2. The number of hydrogen-bond donors (Lipinski definition) is 0. The SMILES string of the molecule is CC[N+]1(C)CCCCC1CCN1c2ccccc2Sc2ccc(SC)cc21.[Br-]. The minimum Gasteiger partial charge on any atom is -1.00 e. The smallest absolute Gasteiger partial charge is 0.0905 e. The summed E-state index contributed by atoms with van der Waals surface area (Å²) < 4.78 is 1.25. The fraction of sp³-hybridized carbons (Fsp3) is 0.478. The van der Waals surface area contributed by atoms with Gasteiger partial charge in [0.2, 0.25) is 0 Å². The summed E-state index contributed by atoms with van der Waals surface area (Å²) in [6, 6.07) is 16.7. The maximum atomic E-state index is 2.59. The Bertz CT molecular complexity index is 813. The molecule has 0 spiro atoms. The highest BCUT2D eigenvalue weighted by atomic mass is 79.9. The first-order chi connectivity index (χ1) is 13.1. The maximum absolute atomic E-state index is 2.59. The van der Waals surface area contributed by atoms with Crippen molar-refractivity contribution >= 4 is 34.9 Å². The highest BCUT2D eigenvalue weighted by molar-refractivity contribution is 8.00. The standard InChI is InChI=1S/C23H31N2S2.BrH/c1-4-25(2)16-8-7-9-18(25)14-15-24-20-10-5-6-11-22(20)27-23-13-12-19(26-3)17-21(23)24;/h5-6,10-13,17-18H,4,7-9,14-16H2,1-3H3;1H/q+1;/p-1. The number of quaternary nitrogens is 1. The number of piperidine rings is 1. The van der Waals surface area contributed by atoms with E-state index in [1.807, 2.05) is 23.5 Å². The number of nitrogens with zero attached hydrogens (tertiary/aromatic N) is 2. The predicted molar refractivity (Wildman–Crippen MR) is 120 cm³/mol. The lowest BCUT2D eigenvalue weighted by atomic mass is 9.96. The quantitative estimate of drug-likeness (QED) is 0.478. The monoisotopic (exact) mass is 478 g/mol. The van der Waals surface area contributed by atoms with Crippen LogP contribution in [0.2, 0.25) is 0 Å². The second-order valence-corrected chi connectivity index (χ2v) is 9.98. The van der Waals surface area contributed by atoms with Crippen LogP contribution in [-0.2, 0) is 0 Å². The third-order valence-electron chi connectivity index (χ3n) is 6.58. The van der Waals surface area contributed by atoms with E-state index in [4.69, 9.17) is 0 Å². The van der Waals surface area contributed by atoms with E-state index in [-0.39, 0.29) is 17.0 Å². The molecule has 152 valence electrons. The fourth-order valence-corrected chi connectivity index (χ4v) is 6.18. The Morgan fingerprint density at radius 3 is 2.68 bits per heavy atom. The summed E-state index contributed by atoms with van der Waals surface area (Å²) in [6.07, 6.45) is 7.61. The molecule has 0 aromatic heterocycles. The first-order valence-corrected chi connectivity index (χ1v) is 12.3. The van der Waals surface area contributed by atoms with Crippen LogP contribution in [0, 0.1) is 0 Å². The molecular weight excluding hydrogens is 448 g/mol. The van der Waals surface area contributed by atoms with Crippen LogP contribution < -0.4 is 21.9 Å². The number of anilines is 2. The summed E-state index contributed by atoms with van der Waals surface area (Å²) in [5.41, 5.74) is 2.78. The van der Waals surface area contributed by atoms with Gasteiger partial charge in [-0.1, -0.05) is 23.9 Å². The molecule has 0 bridgehead atoms. The fourth-order valence-electron chi connectivity index (χ4n) is 4.67. The second kappa shape index (κ2) is 9.46. The van der Waals surface area contributed by atoms with Gasteiger partial charge in [-0.3, -0.25) is 0 Å². The van der Waals surface area contributed by atoms with Crippen LogP contribution in [0.4, 0.5) is 11.4 Å². The Hall–Kier alpha value is -0.620. The number of benzene rings is 2. The van der Waals surface area contributed by atoms with Gasteiger partial charge in [0.1, 0.15) is 0 Å². The normalized spacial score (nSPS) is 23.5. The second-order valence-electron chi connectivity index (χ2n) is 8.01. The van der Waals surface area contributed by atoms with Crippen LogP contribution in [-0.4, -0.2) is 43.5 Å². The zero-order chi connectivity index (χ0) is 18.9. The van der Waals surface area contributed by atoms with Crippen molar-refractivity contribution in [2.24, 2.45) is 0 Å². The van der Waals surface area contributed by atoms with Crippen LogP contribution in [0.3, 0.4) is 0 Å². The molecule has 1 fully saturated rings. The molecule has 0 amide bonds. The molecule has 0 N–H and O–H groups in total. The summed E-state index contributed by atoms with van der Waals surface area (Å²) in [5.74, 6) is 0. The molecule has 2 aromatic rings. The molecule has 2 unspecified atom stereocenters. The lowest BCUT2D eigenvalue weighted by Crippen LogP contribution is -3.00. The van der Waals surface area contributed by atoms with Crippen molar-refractivity contribution in [1.82, 2.24) is 0 Å². The number of rotatable bonds is 5. The van der Waals surface area contributed by atoms with Crippen molar-refractivity contribution in [1.29, 1.82) is 0 Å².